The maximum absolute atomic E-state index is 5.76. The van der Waals surface area contributed by atoms with E-state index in [1.165, 1.54) is 16.6 Å². The maximum atomic E-state index is 5.76. The average Bonchev–Trinajstić information content (AvgIpc) is 3.19. The summed E-state index contributed by atoms with van der Waals surface area (Å²) in [7, 11) is 3.70. The number of rotatable bonds is 6. The van der Waals surface area contributed by atoms with E-state index in [1.807, 2.05) is 38.5 Å². The van der Waals surface area contributed by atoms with E-state index in [1.54, 1.807) is 16.2 Å². The largest absolute Gasteiger partial charge is 0.416 e. The Bertz CT molecular complexity index is 803. The fraction of sp³-hybridized carbons (Fsp3) is 0.357. The van der Waals surface area contributed by atoms with Gasteiger partial charge in [0.15, 0.2) is 0 Å². The van der Waals surface area contributed by atoms with Gasteiger partial charge in [0, 0.05) is 19.0 Å². The number of nitrogen functional groups attached to an aromatic ring is 1. The van der Waals surface area contributed by atoms with Crippen LogP contribution >= 0.6 is 23.1 Å². The molecule has 0 aromatic carbocycles. The van der Waals surface area contributed by atoms with Crippen LogP contribution in [0.1, 0.15) is 28.8 Å². The monoisotopic (exact) mass is 363 g/mol. The Hall–Kier alpha value is -2.20. The van der Waals surface area contributed by atoms with Gasteiger partial charge in [0.2, 0.25) is 17.8 Å². The Morgan fingerprint density at radius 1 is 1.29 bits per heavy atom. The van der Waals surface area contributed by atoms with E-state index in [9.17, 15) is 0 Å². The van der Waals surface area contributed by atoms with E-state index in [4.69, 9.17) is 10.2 Å². The second-order valence-corrected chi connectivity index (χ2v) is 7.55. The number of aromatic nitrogens is 5. The molecular formula is C14H17N7OS2. The highest BCUT2D eigenvalue weighted by molar-refractivity contribution is 7.99. The van der Waals surface area contributed by atoms with Gasteiger partial charge >= 0.3 is 0 Å². The van der Waals surface area contributed by atoms with Crippen molar-refractivity contribution in [2.45, 2.75) is 23.8 Å². The summed E-state index contributed by atoms with van der Waals surface area (Å²) in [5.74, 6) is 1.89. The van der Waals surface area contributed by atoms with Crippen LogP contribution < -0.4 is 10.6 Å². The highest BCUT2D eigenvalue weighted by Crippen LogP contribution is 2.33. The zero-order chi connectivity index (χ0) is 17.1. The summed E-state index contributed by atoms with van der Waals surface area (Å²) in [4.78, 5) is 15.7. The average molecular weight is 363 g/mol. The van der Waals surface area contributed by atoms with E-state index in [2.05, 4.69) is 25.1 Å². The van der Waals surface area contributed by atoms with Gasteiger partial charge in [0.25, 0.3) is 5.22 Å². The highest BCUT2D eigenvalue weighted by atomic mass is 32.2. The first kappa shape index (κ1) is 16.7. The first-order valence-corrected chi connectivity index (χ1v) is 8.97. The first-order chi connectivity index (χ1) is 11.5. The van der Waals surface area contributed by atoms with E-state index < -0.39 is 0 Å². The summed E-state index contributed by atoms with van der Waals surface area (Å²) in [6.45, 7) is 1.96. The number of nitrogens with zero attached hydrogens (tertiary/aromatic N) is 6. The van der Waals surface area contributed by atoms with Crippen molar-refractivity contribution >= 4 is 35.0 Å². The molecule has 0 bridgehead atoms. The van der Waals surface area contributed by atoms with Gasteiger partial charge in [0.1, 0.15) is 5.82 Å². The van der Waals surface area contributed by atoms with Crippen LogP contribution in [0, 0.1) is 0 Å². The number of hydrogen-bond acceptors (Lipinski definition) is 10. The lowest BCUT2D eigenvalue weighted by Gasteiger charge is -2.13. The van der Waals surface area contributed by atoms with Gasteiger partial charge in [-0.1, -0.05) is 17.8 Å². The summed E-state index contributed by atoms with van der Waals surface area (Å²) in [6, 6.07) is 4.04. The third-order valence-electron chi connectivity index (χ3n) is 3.05. The predicted octanol–water partition coefficient (Wildman–Crippen LogP) is 2.41. The van der Waals surface area contributed by atoms with E-state index >= 15 is 0 Å². The minimum Gasteiger partial charge on any atom is -0.416 e. The summed E-state index contributed by atoms with van der Waals surface area (Å²) in [6.07, 6.45) is 0.642. The van der Waals surface area contributed by atoms with Crippen LogP contribution in [0.4, 0.5) is 11.9 Å². The Labute approximate surface area is 147 Å². The third kappa shape index (κ3) is 4.01. The minimum absolute atomic E-state index is 0.0935. The van der Waals surface area contributed by atoms with Crippen LogP contribution in [0.5, 0.6) is 0 Å². The van der Waals surface area contributed by atoms with Gasteiger partial charge in [-0.3, -0.25) is 0 Å². The predicted molar refractivity (Wildman–Crippen MR) is 94.3 cm³/mol. The lowest BCUT2D eigenvalue weighted by molar-refractivity contribution is 0.420. The van der Waals surface area contributed by atoms with E-state index in [0.29, 0.717) is 29.3 Å². The molecule has 2 N–H and O–H groups in total. The number of hydrogen-bond donors (Lipinski definition) is 1. The summed E-state index contributed by atoms with van der Waals surface area (Å²) < 4.78 is 5.69. The molecule has 3 heterocycles. The third-order valence-corrected chi connectivity index (χ3v) is 4.86. The second kappa shape index (κ2) is 7.14. The molecule has 0 amide bonds. The highest BCUT2D eigenvalue weighted by Gasteiger charge is 2.18. The van der Waals surface area contributed by atoms with Crippen molar-refractivity contribution in [1.82, 2.24) is 25.1 Å². The molecule has 0 aliphatic rings. The van der Waals surface area contributed by atoms with Crippen LogP contribution in [-0.2, 0) is 6.42 Å². The molecule has 3 aromatic rings. The Morgan fingerprint density at radius 2 is 2.12 bits per heavy atom. The van der Waals surface area contributed by atoms with Crippen LogP contribution in [0.25, 0.3) is 0 Å². The fourth-order valence-electron chi connectivity index (χ4n) is 1.90. The van der Waals surface area contributed by atoms with Crippen LogP contribution in [0.3, 0.4) is 0 Å². The van der Waals surface area contributed by atoms with Crippen molar-refractivity contribution in [3.63, 3.8) is 0 Å². The molecule has 10 heteroatoms. The topological polar surface area (TPSA) is 107 Å². The number of nitrogens with two attached hydrogens (primary N) is 1. The van der Waals surface area contributed by atoms with Crippen molar-refractivity contribution in [3.8, 4) is 0 Å². The molecule has 1 atom stereocenters. The molecule has 0 aliphatic carbocycles. The molecule has 0 saturated carbocycles. The Kier molecular flexibility index (Phi) is 4.95. The Balaban J connectivity index is 1.71. The number of thioether (sulfide) groups is 1. The molecule has 0 radical (unpaired) electrons. The van der Waals surface area contributed by atoms with Crippen LogP contribution in [0.2, 0.25) is 0 Å². The molecule has 24 heavy (non-hydrogen) atoms. The van der Waals surface area contributed by atoms with E-state index in [-0.39, 0.29) is 11.2 Å². The normalized spacial score (nSPS) is 12.3. The molecule has 0 aliphatic heterocycles. The van der Waals surface area contributed by atoms with Gasteiger partial charge in [-0.2, -0.15) is 15.0 Å². The van der Waals surface area contributed by atoms with Crippen molar-refractivity contribution in [1.29, 1.82) is 0 Å². The Morgan fingerprint density at radius 3 is 2.83 bits per heavy atom. The van der Waals surface area contributed by atoms with Crippen molar-refractivity contribution < 1.29 is 4.42 Å². The fourth-order valence-corrected chi connectivity index (χ4v) is 3.34. The zero-order valence-electron chi connectivity index (χ0n) is 13.5. The summed E-state index contributed by atoms with van der Waals surface area (Å²) in [5.41, 5.74) is 5.76. The quantitative estimate of drug-likeness (QED) is 0.660. The van der Waals surface area contributed by atoms with Crippen LogP contribution in [0.15, 0.2) is 27.2 Å². The lowest BCUT2D eigenvalue weighted by Crippen LogP contribution is -2.16. The molecule has 8 nitrogen and oxygen atoms in total. The van der Waals surface area contributed by atoms with Gasteiger partial charge in [-0.25, -0.2) is 0 Å². The van der Waals surface area contributed by atoms with Gasteiger partial charge in [0.05, 0.1) is 11.7 Å². The smallest absolute Gasteiger partial charge is 0.277 e. The maximum Gasteiger partial charge on any atom is 0.277 e. The summed E-state index contributed by atoms with van der Waals surface area (Å²) in [5, 5.41) is 10.6. The minimum atomic E-state index is -0.0935. The number of anilines is 2. The molecule has 126 valence electrons. The summed E-state index contributed by atoms with van der Waals surface area (Å²) >= 11 is 3.06. The van der Waals surface area contributed by atoms with E-state index in [0.717, 1.165) is 0 Å². The second-order valence-electron chi connectivity index (χ2n) is 5.22. The molecule has 1 unspecified atom stereocenters. The van der Waals surface area contributed by atoms with Crippen molar-refractivity contribution in [2.75, 3.05) is 24.7 Å². The molecule has 3 aromatic heterocycles. The molecule has 3 rings (SSSR count). The SMILES string of the molecule is CC(Sc1nnc(Cc2cccs2)o1)c1nc(N)nc(N(C)C)n1. The van der Waals surface area contributed by atoms with Gasteiger partial charge < -0.3 is 15.1 Å². The lowest BCUT2D eigenvalue weighted by atomic mass is 10.3. The molecular weight excluding hydrogens is 346 g/mol. The molecule has 0 fully saturated rings. The molecule has 0 saturated heterocycles. The van der Waals surface area contributed by atoms with Crippen molar-refractivity contribution in [2.24, 2.45) is 0 Å². The van der Waals surface area contributed by atoms with Crippen molar-refractivity contribution in [3.05, 3.63) is 34.1 Å². The van der Waals surface area contributed by atoms with Gasteiger partial charge in [-0.15, -0.1) is 21.5 Å². The van der Waals surface area contributed by atoms with Crippen LogP contribution in [-0.4, -0.2) is 39.2 Å². The number of thiophene rings is 1. The zero-order valence-corrected chi connectivity index (χ0v) is 15.1. The van der Waals surface area contributed by atoms with Gasteiger partial charge in [-0.05, 0) is 18.4 Å². The first-order valence-electron chi connectivity index (χ1n) is 7.21. The molecule has 0 spiro atoms. The standard InChI is InChI=1S/C14H17N7OS2/c1-8(11-16-12(15)18-13(17-11)21(2)3)24-14-20-19-10(22-14)7-9-5-4-6-23-9/h4-6,8H,7H2,1-3H3,(H2,15,16,17,18).